The number of hydroxylamine groups is 1. The highest BCUT2D eigenvalue weighted by molar-refractivity contribution is 5.94. The number of hydrogen-bond acceptors (Lipinski definition) is 6. The molecular weight excluding hydrogens is 378 g/mol. The monoisotopic (exact) mass is 401 g/mol. The first-order valence-electron chi connectivity index (χ1n) is 8.97. The fraction of sp³-hybridized carbons (Fsp3) is 0.300. The minimum Gasteiger partial charge on any atom is -0.394 e. The molecule has 29 heavy (non-hydrogen) atoms. The summed E-state index contributed by atoms with van der Waals surface area (Å²) in [6.07, 6.45) is 0.441. The third kappa shape index (κ3) is 5.84. The summed E-state index contributed by atoms with van der Waals surface area (Å²) in [5.41, 5.74) is 2.61. The predicted octanol–water partition coefficient (Wildman–Crippen LogP) is 1.78. The molecule has 0 aliphatic heterocycles. The van der Waals surface area contributed by atoms with Gasteiger partial charge in [-0.3, -0.25) is 24.9 Å². The molecular formula is C20H23N3O6. The SMILES string of the molecule is CN(C(=O)c1ccc([N+](=O)[O-])cc1)[C@H](CO)C[C@H](Cc1ccccc1)C(=O)NO. The van der Waals surface area contributed by atoms with Gasteiger partial charge in [0, 0.05) is 30.7 Å². The Kier molecular flexibility index (Phi) is 7.81. The Morgan fingerprint density at radius 3 is 2.28 bits per heavy atom. The maximum atomic E-state index is 12.7. The van der Waals surface area contributed by atoms with Crippen LogP contribution < -0.4 is 5.48 Å². The Labute approximate surface area is 167 Å². The topological polar surface area (TPSA) is 133 Å². The number of likely N-dealkylation sites (N-methyl/N-ethyl adjacent to an activating group) is 1. The number of hydrogen-bond donors (Lipinski definition) is 3. The van der Waals surface area contributed by atoms with Crippen molar-refractivity contribution in [3.8, 4) is 0 Å². The molecule has 9 nitrogen and oxygen atoms in total. The molecule has 0 bridgehead atoms. The van der Waals surface area contributed by atoms with Crippen molar-refractivity contribution in [3.63, 3.8) is 0 Å². The van der Waals surface area contributed by atoms with E-state index in [0.717, 1.165) is 5.56 Å². The van der Waals surface area contributed by atoms with Crippen molar-refractivity contribution in [1.29, 1.82) is 0 Å². The van der Waals surface area contributed by atoms with Crippen LogP contribution in [0.5, 0.6) is 0 Å². The van der Waals surface area contributed by atoms with E-state index in [1.165, 1.54) is 36.2 Å². The molecule has 0 radical (unpaired) electrons. The van der Waals surface area contributed by atoms with Crippen LogP contribution in [0.4, 0.5) is 5.69 Å². The molecule has 0 spiro atoms. The molecule has 0 fully saturated rings. The molecule has 2 amide bonds. The number of benzene rings is 2. The zero-order valence-corrected chi connectivity index (χ0v) is 15.9. The van der Waals surface area contributed by atoms with E-state index in [4.69, 9.17) is 5.21 Å². The van der Waals surface area contributed by atoms with Crippen LogP contribution in [-0.2, 0) is 11.2 Å². The molecule has 0 aliphatic carbocycles. The summed E-state index contributed by atoms with van der Waals surface area (Å²) in [5, 5.41) is 29.6. The van der Waals surface area contributed by atoms with Gasteiger partial charge in [-0.15, -0.1) is 0 Å². The van der Waals surface area contributed by atoms with Crippen molar-refractivity contribution in [3.05, 3.63) is 75.8 Å². The predicted molar refractivity (Wildman–Crippen MR) is 104 cm³/mol. The number of nitro benzene ring substituents is 1. The van der Waals surface area contributed by atoms with Gasteiger partial charge < -0.3 is 10.0 Å². The normalized spacial score (nSPS) is 12.7. The van der Waals surface area contributed by atoms with E-state index in [-0.39, 0.29) is 24.3 Å². The zero-order chi connectivity index (χ0) is 21.4. The highest BCUT2D eigenvalue weighted by Gasteiger charge is 2.28. The van der Waals surface area contributed by atoms with Crippen molar-refractivity contribution in [2.24, 2.45) is 5.92 Å². The van der Waals surface area contributed by atoms with Crippen LogP contribution in [0.15, 0.2) is 54.6 Å². The second-order valence-corrected chi connectivity index (χ2v) is 6.65. The first-order valence-corrected chi connectivity index (χ1v) is 8.97. The summed E-state index contributed by atoms with van der Waals surface area (Å²) >= 11 is 0. The largest absolute Gasteiger partial charge is 0.394 e. The van der Waals surface area contributed by atoms with E-state index in [1.807, 2.05) is 30.3 Å². The summed E-state index contributed by atoms with van der Waals surface area (Å²) in [7, 11) is 1.49. The maximum Gasteiger partial charge on any atom is 0.269 e. The van der Waals surface area contributed by atoms with E-state index >= 15 is 0 Å². The van der Waals surface area contributed by atoms with Crippen molar-refractivity contribution in [2.45, 2.75) is 18.9 Å². The lowest BCUT2D eigenvalue weighted by molar-refractivity contribution is -0.384. The number of rotatable bonds is 9. The molecule has 154 valence electrons. The molecule has 2 aromatic carbocycles. The van der Waals surface area contributed by atoms with Crippen LogP contribution >= 0.6 is 0 Å². The Hall–Kier alpha value is -3.30. The number of carbonyl (C=O) groups excluding carboxylic acids is 2. The van der Waals surface area contributed by atoms with Crippen molar-refractivity contribution in [1.82, 2.24) is 10.4 Å². The van der Waals surface area contributed by atoms with Gasteiger partial charge in [-0.25, -0.2) is 5.48 Å². The van der Waals surface area contributed by atoms with E-state index in [0.29, 0.717) is 6.42 Å². The highest BCUT2D eigenvalue weighted by atomic mass is 16.6. The van der Waals surface area contributed by atoms with E-state index in [2.05, 4.69) is 0 Å². The van der Waals surface area contributed by atoms with Crippen LogP contribution in [0, 0.1) is 16.0 Å². The van der Waals surface area contributed by atoms with E-state index in [1.54, 1.807) is 5.48 Å². The van der Waals surface area contributed by atoms with Gasteiger partial charge >= 0.3 is 0 Å². The lowest BCUT2D eigenvalue weighted by atomic mass is 9.91. The molecule has 0 aromatic heterocycles. The number of aliphatic hydroxyl groups is 1. The zero-order valence-electron chi connectivity index (χ0n) is 15.9. The summed E-state index contributed by atoms with van der Waals surface area (Å²) in [4.78, 5) is 36.3. The van der Waals surface area contributed by atoms with Gasteiger partial charge in [0.25, 0.3) is 11.6 Å². The lowest BCUT2D eigenvalue weighted by Crippen LogP contribution is -2.43. The third-order valence-electron chi connectivity index (χ3n) is 4.77. The summed E-state index contributed by atoms with van der Waals surface area (Å²) in [6.45, 7) is -0.390. The number of non-ortho nitro benzene ring substituents is 1. The smallest absolute Gasteiger partial charge is 0.269 e. The van der Waals surface area contributed by atoms with E-state index < -0.39 is 28.7 Å². The number of amides is 2. The number of nitrogens with zero attached hydrogens (tertiary/aromatic N) is 2. The van der Waals surface area contributed by atoms with Gasteiger partial charge in [-0.05, 0) is 30.5 Å². The lowest BCUT2D eigenvalue weighted by Gasteiger charge is -2.29. The number of aliphatic hydroxyl groups excluding tert-OH is 1. The summed E-state index contributed by atoms with van der Waals surface area (Å²) < 4.78 is 0. The van der Waals surface area contributed by atoms with Gasteiger partial charge in [0.2, 0.25) is 5.91 Å². The summed E-state index contributed by atoms with van der Waals surface area (Å²) in [6, 6.07) is 13.6. The average Bonchev–Trinajstić information content (AvgIpc) is 2.75. The maximum absolute atomic E-state index is 12.7. The van der Waals surface area contributed by atoms with E-state index in [9.17, 15) is 24.8 Å². The van der Waals surface area contributed by atoms with Gasteiger partial charge in [-0.2, -0.15) is 0 Å². The standard InChI is InChI=1S/C20H23N3O6/c1-22(20(26)15-7-9-17(10-8-15)23(28)29)18(13-24)12-16(19(25)21-27)11-14-5-3-2-4-6-14/h2-10,16,18,24,27H,11-13H2,1H3,(H,21,25)/t16-,18-/m0/s1. The van der Waals surface area contributed by atoms with Crippen LogP contribution in [-0.4, -0.2) is 51.6 Å². The van der Waals surface area contributed by atoms with Crippen molar-refractivity contribution >= 4 is 17.5 Å². The van der Waals surface area contributed by atoms with Crippen molar-refractivity contribution in [2.75, 3.05) is 13.7 Å². The molecule has 0 saturated heterocycles. The fourth-order valence-electron chi connectivity index (χ4n) is 3.05. The van der Waals surface area contributed by atoms with Crippen molar-refractivity contribution < 1.29 is 24.8 Å². The molecule has 0 unspecified atom stereocenters. The Bertz CT molecular complexity index is 841. The molecule has 9 heteroatoms. The number of nitrogens with one attached hydrogen (secondary N) is 1. The quantitative estimate of drug-likeness (QED) is 0.333. The average molecular weight is 401 g/mol. The molecule has 0 heterocycles. The second-order valence-electron chi connectivity index (χ2n) is 6.65. The molecule has 2 atom stereocenters. The van der Waals surface area contributed by atoms with Crippen LogP contribution in [0.2, 0.25) is 0 Å². The summed E-state index contributed by atoms with van der Waals surface area (Å²) in [5.74, 6) is -1.73. The van der Waals surface area contributed by atoms with Gasteiger partial charge in [-0.1, -0.05) is 30.3 Å². The Morgan fingerprint density at radius 2 is 1.76 bits per heavy atom. The molecule has 2 aromatic rings. The fourth-order valence-corrected chi connectivity index (χ4v) is 3.05. The molecule has 3 N–H and O–H groups in total. The van der Waals surface area contributed by atoms with Crippen LogP contribution in [0.3, 0.4) is 0 Å². The first kappa shape index (κ1) is 22.0. The van der Waals surface area contributed by atoms with Crippen LogP contribution in [0.25, 0.3) is 0 Å². The minimum absolute atomic E-state index is 0.118. The second kappa shape index (κ2) is 10.3. The Balaban J connectivity index is 2.14. The van der Waals surface area contributed by atoms with Gasteiger partial charge in [0.15, 0.2) is 0 Å². The highest BCUT2D eigenvalue weighted by Crippen LogP contribution is 2.20. The first-order chi connectivity index (χ1) is 13.9. The molecule has 0 saturated carbocycles. The number of carbonyl (C=O) groups is 2. The number of nitro groups is 1. The van der Waals surface area contributed by atoms with Gasteiger partial charge in [0.1, 0.15) is 0 Å². The van der Waals surface area contributed by atoms with Crippen LogP contribution in [0.1, 0.15) is 22.3 Å². The molecule has 0 aliphatic rings. The molecule has 2 rings (SSSR count). The third-order valence-corrected chi connectivity index (χ3v) is 4.77. The van der Waals surface area contributed by atoms with Gasteiger partial charge in [0.05, 0.1) is 17.6 Å². The Morgan fingerprint density at radius 1 is 1.14 bits per heavy atom. The minimum atomic E-state index is -0.691.